The Bertz CT molecular complexity index is 549. The van der Waals surface area contributed by atoms with Crippen molar-refractivity contribution in [3.05, 3.63) is 35.2 Å². The van der Waals surface area contributed by atoms with Crippen LogP contribution in [0, 0.1) is 20.8 Å². The van der Waals surface area contributed by atoms with Crippen molar-refractivity contribution in [1.82, 2.24) is 19.9 Å². The zero-order valence-corrected chi connectivity index (χ0v) is 10.7. The van der Waals surface area contributed by atoms with Gasteiger partial charge < -0.3 is 11.1 Å². The van der Waals surface area contributed by atoms with E-state index in [-0.39, 0.29) is 0 Å². The predicted molar refractivity (Wildman–Crippen MR) is 70.0 cm³/mol. The summed E-state index contributed by atoms with van der Waals surface area (Å²) in [6.07, 6.45) is 3.48. The summed E-state index contributed by atoms with van der Waals surface area (Å²) in [4.78, 5) is 16.9. The van der Waals surface area contributed by atoms with Crippen molar-refractivity contribution in [3.63, 3.8) is 0 Å². The molecule has 18 heavy (non-hydrogen) atoms. The number of hydrogen-bond acceptors (Lipinski definition) is 6. The molecule has 2 rings (SSSR count). The first-order valence-electron chi connectivity index (χ1n) is 5.68. The molecule has 6 heteroatoms. The van der Waals surface area contributed by atoms with Gasteiger partial charge >= 0.3 is 0 Å². The van der Waals surface area contributed by atoms with E-state index in [4.69, 9.17) is 5.73 Å². The average molecular weight is 244 g/mol. The number of nitrogens with one attached hydrogen (secondary N) is 1. The fraction of sp³-hybridized carbons (Fsp3) is 0.333. The molecular weight excluding hydrogens is 228 g/mol. The Labute approximate surface area is 106 Å². The van der Waals surface area contributed by atoms with E-state index < -0.39 is 0 Å². The summed E-state index contributed by atoms with van der Waals surface area (Å²) < 4.78 is 0. The van der Waals surface area contributed by atoms with E-state index in [1.165, 1.54) is 0 Å². The van der Waals surface area contributed by atoms with Crippen molar-refractivity contribution < 1.29 is 0 Å². The second-order valence-electron chi connectivity index (χ2n) is 4.13. The number of nitrogens with zero attached hydrogens (tertiary/aromatic N) is 4. The third-order valence-electron chi connectivity index (χ3n) is 2.57. The number of anilines is 2. The minimum absolute atomic E-state index is 0.500. The molecule has 0 unspecified atom stereocenters. The third kappa shape index (κ3) is 2.71. The summed E-state index contributed by atoms with van der Waals surface area (Å²) in [6, 6.07) is 0. The van der Waals surface area contributed by atoms with Crippen molar-refractivity contribution in [1.29, 1.82) is 0 Å². The summed E-state index contributed by atoms with van der Waals surface area (Å²) in [6.45, 7) is 6.16. The van der Waals surface area contributed by atoms with E-state index in [1.54, 1.807) is 12.4 Å². The van der Waals surface area contributed by atoms with Crippen molar-refractivity contribution in [2.45, 2.75) is 27.3 Å². The highest BCUT2D eigenvalue weighted by Gasteiger charge is 2.06. The molecule has 0 radical (unpaired) electrons. The first kappa shape index (κ1) is 12.2. The van der Waals surface area contributed by atoms with Gasteiger partial charge in [0.15, 0.2) is 0 Å². The molecule has 0 atom stereocenters. The molecule has 0 aliphatic rings. The summed E-state index contributed by atoms with van der Waals surface area (Å²) in [7, 11) is 0. The minimum atomic E-state index is 0.500. The van der Waals surface area contributed by atoms with E-state index in [2.05, 4.69) is 25.3 Å². The standard InChI is InChI=1S/C12H16N6/c1-7-4-15-10(5-14-7)6-16-12-8(2)11(13)17-9(3)18-12/h4-5H,6H2,1-3H3,(H3,13,16,17,18). The number of hydrogen-bond donors (Lipinski definition) is 2. The van der Waals surface area contributed by atoms with Gasteiger partial charge in [0.1, 0.15) is 17.5 Å². The molecule has 2 heterocycles. The van der Waals surface area contributed by atoms with Crippen LogP contribution < -0.4 is 11.1 Å². The van der Waals surface area contributed by atoms with Crippen molar-refractivity contribution in [3.8, 4) is 0 Å². The number of nitrogens with two attached hydrogens (primary N) is 1. The van der Waals surface area contributed by atoms with Crippen molar-refractivity contribution in [2.24, 2.45) is 0 Å². The van der Waals surface area contributed by atoms with Crippen LogP contribution in [0.3, 0.4) is 0 Å². The largest absolute Gasteiger partial charge is 0.383 e. The molecule has 0 amide bonds. The van der Waals surface area contributed by atoms with Gasteiger partial charge in [0.05, 0.1) is 24.1 Å². The number of rotatable bonds is 3. The Morgan fingerprint density at radius 2 is 1.89 bits per heavy atom. The molecule has 0 saturated heterocycles. The molecule has 94 valence electrons. The molecule has 2 aromatic heterocycles. The van der Waals surface area contributed by atoms with Gasteiger partial charge in [-0.2, -0.15) is 0 Å². The molecule has 0 aromatic carbocycles. The number of nitrogen functional groups attached to an aromatic ring is 1. The minimum Gasteiger partial charge on any atom is -0.383 e. The molecule has 6 nitrogen and oxygen atoms in total. The lowest BCUT2D eigenvalue weighted by Gasteiger charge is -2.10. The lowest BCUT2D eigenvalue weighted by molar-refractivity contribution is 0.958. The van der Waals surface area contributed by atoms with Gasteiger partial charge in [-0.25, -0.2) is 9.97 Å². The second-order valence-corrected chi connectivity index (χ2v) is 4.13. The van der Waals surface area contributed by atoms with Crippen LogP contribution in [0.25, 0.3) is 0 Å². The summed E-state index contributed by atoms with van der Waals surface area (Å²) >= 11 is 0. The Kier molecular flexibility index (Phi) is 3.36. The van der Waals surface area contributed by atoms with Crippen LogP contribution in [0.2, 0.25) is 0 Å². The van der Waals surface area contributed by atoms with E-state index in [0.717, 1.165) is 22.8 Å². The maximum absolute atomic E-state index is 5.79. The summed E-state index contributed by atoms with van der Waals surface area (Å²) in [5.41, 5.74) is 8.40. The molecule has 0 bridgehead atoms. The summed E-state index contributed by atoms with van der Waals surface area (Å²) in [5.74, 6) is 1.89. The highest BCUT2D eigenvalue weighted by molar-refractivity contribution is 5.54. The van der Waals surface area contributed by atoms with Gasteiger partial charge in [-0.3, -0.25) is 9.97 Å². The maximum atomic E-state index is 5.79. The normalized spacial score (nSPS) is 10.4. The van der Waals surface area contributed by atoms with Crippen LogP contribution in [0.4, 0.5) is 11.6 Å². The quantitative estimate of drug-likeness (QED) is 0.848. The van der Waals surface area contributed by atoms with Crippen LogP contribution in [0.15, 0.2) is 12.4 Å². The molecular formula is C12H16N6. The van der Waals surface area contributed by atoms with Crippen LogP contribution in [0.5, 0.6) is 0 Å². The summed E-state index contributed by atoms with van der Waals surface area (Å²) in [5, 5.41) is 3.20. The van der Waals surface area contributed by atoms with E-state index in [9.17, 15) is 0 Å². The Morgan fingerprint density at radius 3 is 2.56 bits per heavy atom. The maximum Gasteiger partial charge on any atom is 0.135 e. The first-order valence-corrected chi connectivity index (χ1v) is 5.68. The smallest absolute Gasteiger partial charge is 0.135 e. The van der Waals surface area contributed by atoms with Crippen molar-refractivity contribution in [2.75, 3.05) is 11.1 Å². The number of aryl methyl sites for hydroxylation is 2. The van der Waals surface area contributed by atoms with Crippen LogP contribution in [-0.4, -0.2) is 19.9 Å². The number of aromatic nitrogens is 4. The average Bonchev–Trinajstić information content (AvgIpc) is 2.34. The fourth-order valence-electron chi connectivity index (χ4n) is 1.51. The molecule has 0 spiro atoms. The molecule has 3 N–H and O–H groups in total. The van der Waals surface area contributed by atoms with Crippen LogP contribution in [0.1, 0.15) is 22.8 Å². The predicted octanol–water partition coefficient (Wildman–Crippen LogP) is 1.39. The lowest BCUT2D eigenvalue weighted by Crippen LogP contribution is -2.09. The zero-order chi connectivity index (χ0) is 13.1. The highest BCUT2D eigenvalue weighted by atomic mass is 15.1. The Hall–Kier alpha value is -2.24. The fourth-order valence-corrected chi connectivity index (χ4v) is 1.51. The lowest BCUT2D eigenvalue weighted by atomic mass is 10.3. The van der Waals surface area contributed by atoms with Crippen LogP contribution in [-0.2, 0) is 6.54 Å². The third-order valence-corrected chi connectivity index (χ3v) is 2.57. The van der Waals surface area contributed by atoms with Gasteiger partial charge in [-0.05, 0) is 20.8 Å². The molecule has 0 saturated carbocycles. The SMILES string of the molecule is Cc1cnc(CNc2nc(C)nc(N)c2C)cn1. The van der Waals surface area contributed by atoms with Gasteiger partial charge in [0.2, 0.25) is 0 Å². The van der Waals surface area contributed by atoms with E-state index in [0.29, 0.717) is 18.2 Å². The highest BCUT2D eigenvalue weighted by Crippen LogP contribution is 2.17. The van der Waals surface area contributed by atoms with Crippen molar-refractivity contribution >= 4 is 11.6 Å². The zero-order valence-electron chi connectivity index (χ0n) is 10.7. The van der Waals surface area contributed by atoms with Gasteiger partial charge in [0, 0.05) is 11.8 Å². The second kappa shape index (κ2) is 4.95. The molecule has 0 aliphatic heterocycles. The first-order chi connectivity index (χ1) is 8.56. The van der Waals surface area contributed by atoms with E-state index >= 15 is 0 Å². The monoisotopic (exact) mass is 244 g/mol. The molecule has 2 aromatic rings. The molecule has 0 fully saturated rings. The van der Waals surface area contributed by atoms with Gasteiger partial charge in [-0.15, -0.1) is 0 Å². The Balaban J connectivity index is 2.13. The molecule has 0 aliphatic carbocycles. The van der Waals surface area contributed by atoms with Gasteiger partial charge in [0.25, 0.3) is 0 Å². The van der Waals surface area contributed by atoms with Crippen LogP contribution >= 0.6 is 0 Å². The van der Waals surface area contributed by atoms with E-state index in [1.807, 2.05) is 20.8 Å². The Morgan fingerprint density at radius 1 is 1.11 bits per heavy atom. The van der Waals surface area contributed by atoms with Gasteiger partial charge in [-0.1, -0.05) is 0 Å². The topological polar surface area (TPSA) is 89.6 Å².